The van der Waals surface area contributed by atoms with Gasteiger partial charge in [0.1, 0.15) is 6.61 Å². The zero-order chi connectivity index (χ0) is 24.9. The number of benzene rings is 2. The minimum Gasteiger partial charge on any atom is -0.481 e. The highest BCUT2D eigenvalue weighted by molar-refractivity contribution is 5.81. The largest absolute Gasteiger partial charge is 0.481 e. The van der Waals surface area contributed by atoms with Crippen molar-refractivity contribution in [2.75, 3.05) is 13.2 Å². The summed E-state index contributed by atoms with van der Waals surface area (Å²) < 4.78 is 5.68. The van der Waals surface area contributed by atoms with Crippen LogP contribution in [0.2, 0.25) is 0 Å². The number of carboxylic acid groups (broad SMARTS) is 1. The number of rotatable bonds is 8. The van der Waals surface area contributed by atoms with E-state index in [0.717, 1.165) is 19.3 Å². The van der Waals surface area contributed by atoms with Gasteiger partial charge < -0.3 is 20.1 Å². The van der Waals surface area contributed by atoms with Crippen molar-refractivity contribution in [3.05, 3.63) is 59.7 Å². The Bertz CT molecular complexity index is 1040. The number of alkyl carbamates (subject to hydrolysis) is 1. The summed E-state index contributed by atoms with van der Waals surface area (Å²) in [5.41, 5.74) is 4.70. The van der Waals surface area contributed by atoms with Gasteiger partial charge in [-0.25, -0.2) is 4.79 Å². The number of carbonyl (C=O) groups is 3. The van der Waals surface area contributed by atoms with Gasteiger partial charge in [0.25, 0.3) is 0 Å². The van der Waals surface area contributed by atoms with E-state index in [1.165, 1.54) is 22.3 Å². The zero-order valence-corrected chi connectivity index (χ0v) is 20.4. The van der Waals surface area contributed by atoms with Crippen LogP contribution in [0.5, 0.6) is 0 Å². The summed E-state index contributed by atoms with van der Waals surface area (Å²) in [6.45, 7) is 4.36. The molecule has 1 saturated carbocycles. The molecule has 0 heterocycles. The highest BCUT2D eigenvalue weighted by Gasteiger charge is 2.33. The van der Waals surface area contributed by atoms with E-state index >= 15 is 0 Å². The van der Waals surface area contributed by atoms with Crippen molar-refractivity contribution in [3.63, 3.8) is 0 Å². The summed E-state index contributed by atoms with van der Waals surface area (Å²) in [6.07, 6.45) is 2.38. The van der Waals surface area contributed by atoms with E-state index in [0.29, 0.717) is 13.0 Å². The first-order chi connectivity index (χ1) is 16.9. The molecule has 0 bridgehead atoms. The molecular formula is C28H34N2O5. The second-order valence-electron chi connectivity index (χ2n) is 9.60. The number of hydrogen-bond acceptors (Lipinski definition) is 4. The Hall–Kier alpha value is -3.35. The van der Waals surface area contributed by atoms with Crippen LogP contribution in [0.3, 0.4) is 0 Å². The topological polar surface area (TPSA) is 95.9 Å². The summed E-state index contributed by atoms with van der Waals surface area (Å²) in [6, 6.07) is 15.9. The van der Waals surface area contributed by atoms with Crippen LogP contribution in [-0.2, 0) is 14.3 Å². The monoisotopic (exact) mass is 478 g/mol. The molecule has 3 unspecified atom stereocenters. The number of carboxylic acids is 1. The van der Waals surface area contributed by atoms with Crippen LogP contribution in [-0.4, -0.2) is 53.2 Å². The lowest BCUT2D eigenvalue weighted by atomic mass is 9.84. The molecule has 2 N–H and O–H groups in total. The number of aliphatic carboxylic acids is 1. The van der Waals surface area contributed by atoms with Gasteiger partial charge in [0.15, 0.2) is 0 Å². The Morgan fingerprint density at radius 3 is 2.29 bits per heavy atom. The van der Waals surface area contributed by atoms with Crippen molar-refractivity contribution in [1.29, 1.82) is 0 Å². The van der Waals surface area contributed by atoms with Gasteiger partial charge in [0.2, 0.25) is 5.91 Å². The van der Waals surface area contributed by atoms with Crippen LogP contribution in [0.4, 0.5) is 4.79 Å². The average molecular weight is 479 g/mol. The maximum absolute atomic E-state index is 13.1. The fourth-order valence-electron chi connectivity index (χ4n) is 5.63. The molecule has 7 nitrogen and oxygen atoms in total. The molecule has 0 radical (unpaired) electrons. The third-order valence-corrected chi connectivity index (χ3v) is 7.31. The highest BCUT2D eigenvalue weighted by atomic mass is 16.5. The maximum Gasteiger partial charge on any atom is 0.407 e. The first-order valence-electron chi connectivity index (χ1n) is 12.5. The molecule has 2 aliphatic rings. The van der Waals surface area contributed by atoms with Gasteiger partial charge >= 0.3 is 12.1 Å². The lowest BCUT2D eigenvalue weighted by molar-refractivity contribution is -0.142. The number of nitrogens with one attached hydrogen (secondary N) is 1. The molecule has 4 rings (SSSR count). The normalized spacial score (nSPS) is 19.8. The highest BCUT2D eigenvalue weighted by Crippen LogP contribution is 2.44. The van der Waals surface area contributed by atoms with E-state index in [1.54, 1.807) is 11.8 Å². The Morgan fingerprint density at radius 1 is 1.06 bits per heavy atom. The average Bonchev–Trinajstić information content (AvgIpc) is 3.16. The summed E-state index contributed by atoms with van der Waals surface area (Å²) in [5.74, 6) is -1.16. The smallest absolute Gasteiger partial charge is 0.407 e. The summed E-state index contributed by atoms with van der Waals surface area (Å²) in [7, 11) is 0. The Labute approximate surface area is 206 Å². The Morgan fingerprint density at radius 2 is 1.69 bits per heavy atom. The molecule has 2 aromatic carbocycles. The quantitative estimate of drug-likeness (QED) is 0.568. The van der Waals surface area contributed by atoms with Gasteiger partial charge in [-0.15, -0.1) is 0 Å². The summed E-state index contributed by atoms with van der Waals surface area (Å²) in [4.78, 5) is 38.5. The van der Waals surface area contributed by atoms with Gasteiger partial charge in [-0.1, -0.05) is 55.0 Å². The van der Waals surface area contributed by atoms with E-state index in [4.69, 9.17) is 9.84 Å². The van der Waals surface area contributed by atoms with Crippen LogP contribution in [0.1, 0.15) is 63.0 Å². The van der Waals surface area contributed by atoms with E-state index in [-0.39, 0.29) is 42.9 Å². The summed E-state index contributed by atoms with van der Waals surface area (Å²) in [5, 5.41) is 12.1. The fraction of sp³-hybridized carbons (Fsp3) is 0.464. The fourth-order valence-corrected chi connectivity index (χ4v) is 5.63. The molecule has 35 heavy (non-hydrogen) atoms. The van der Waals surface area contributed by atoms with Gasteiger partial charge in [-0.2, -0.15) is 0 Å². The minimum absolute atomic E-state index is 0.00247. The Balaban J connectivity index is 1.33. The predicted molar refractivity (Wildman–Crippen MR) is 133 cm³/mol. The van der Waals surface area contributed by atoms with Crippen molar-refractivity contribution < 1.29 is 24.2 Å². The van der Waals surface area contributed by atoms with Crippen LogP contribution in [0.25, 0.3) is 11.1 Å². The second-order valence-corrected chi connectivity index (χ2v) is 9.60. The summed E-state index contributed by atoms with van der Waals surface area (Å²) >= 11 is 0. The van der Waals surface area contributed by atoms with Gasteiger partial charge in [-0.05, 0) is 55.4 Å². The zero-order valence-electron chi connectivity index (χ0n) is 20.4. The number of nitrogens with zero attached hydrogens (tertiary/aromatic N) is 1. The van der Waals surface area contributed by atoms with E-state index in [9.17, 15) is 14.4 Å². The second kappa shape index (κ2) is 10.9. The van der Waals surface area contributed by atoms with Crippen molar-refractivity contribution in [2.24, 2.45) is 5.92 Å². The van der Waals surface area contributed by atoms with Gasteiger partial charge in [-0.3, -0.25) is 9.59 Å². The van der Waals surface area contributed by atoms with Crippen LogP contribution >= 0.6 is 0 Å². The third-order valence-electron chi connectivity index (χ3n) is 7.31. The lowest BCUT2D eigenvalue weighted by Gasteiger charge is -2.35. The Kier molecular flexibility index (Phi) is 7.73. The molecule has 0 aromatic heterocycles. The molecule has 0 aliphatic heterocycles. The molecule has 3 atom stereocenters. The molecule has 1 fully saturated rings. The van der Waals surface area contributed by atoms with Crippen LogP contribution in [0.15, 0.2) is 48.5 Å². The predicted octanol–water partition coefficient (Wildman–Crippen LogP) is 4.80. The lowest BCUT2D eigenvalue weighted by Crippen LogP contribution is -2.47. The number of ether oxygens (including phenoxy) is 1. The molecule has 2 aromatic rings. The maximum atomic E-state index is 13.1. The first kappa shape index (κ1) is 24.8. The number of carbonyl (C=O) groups excluding carboxylic acids is 2. The first-order valence-corrected chi connectivity index (χ1v) is 12.5. The van der Waals surface area contributed by atoms with Crippen molar-refractivity contribution in [3.8, 4) is 11.1 Å². The molecule has 0 spiro atoms. The van der Waals surface area contributed by atoms with Crippen molar-refractivity contribution >= 4 is 18.0 Å². The van der Waals surface area contributed by atoms with E-state index < -0.39 is 12.1 Å². The number of amides is 2. The van der Waals surface area contributed by atoms with Gasteiger partial charge in [0, 0.05) is 30.5 Å². The molecule has 186 valence electrons. The van der Waals surface area contributed by atoms with Crippen molar-refractivity contribution in [1.82, 2.24) is 10.2 Å². The standard InChI is InChI=1S/C28H34N2O5/c1-3-30(18(2)15-26(31)32)27(33)19-9-8-10-20(16-19)29-28(34)35-17-25-23-13-6-4-11-21(23)22-12-5-7-14-24(22)25/h4-7,11-14,18-20,25H,3,8-10,15-17H2,1-2H3,(H,29,34)(H,31,32). The molecule has 2 aliphatic carbocycles. The SMILES string of the molecule is CCN(C(=O)C1CCCC(NC(=O)OCC2c3ccccc3-c3ccccc32)C1)C(C)CC(=O)O. The van der Waals surface area contributed by atoms with Gasteiger partial charge in [0.05, 0.1) is 6.42 Å². The molecule has 7 heteroatoms. The third kappa shape index (κ3) is 5.50. The molecule has 0 saturated heterocycles. The van der Waals surface area contributed by atoms with E-state index in [2.05, 4.69) is 29.6 Å². The molecular weight excluding hydrogens is 444 g/mol. The number of hydrogen-bond donors (Lipinski definition) is 2. The number of fused-ring (bicyclic) bond motifs is 3. The van der Waals surface area contributed by atoms with Crippen LogP contribution < -0.4 is 5.32 Å². The molecule has 2 amide bonds. The van der Waals surface area contributed by atoms with E-state index in [1.807, 2.05) is 31.2 Å². The van der Waals surface area contributed by atoms with Crippen LogP contribution in [0, 0.1) is 5.92 Å². The van der Waals surface area contributed by atoms with Crippen molar-refractivity contribution in [2.45, 2.75) is 64.0 Å². The minimum atomic E-state index is -0.915.